The number of hydrogen-bond acceptors (Lipinski definition) is 1. The predicted molar refractivity (Wildman–Crippen MR) is 83.0 cm³/mol. The van der Waals surface area contributed by atoms with E-state index in [0.717, 1.165) is 16.5 Å². The van der Waals surface area contributed by atoms with E-state index in [-0.39, 0.29) is 5.54 Å². The van der Waals surface area contributed by atoms with E-state index in [1.807, 2.05) is 31.3 Å². The molecule has 0 radical (unpaired) electrons. The zero-order valence-corrected chi connectivity index (χ0v) is 12.6. The molecule has 0 saturated carbocycles. The highest BCUT2D eigenvalue weighted by molar-refractivity contribution is 6.30. The smallest absolute Gasteiger partial charge is 0.0685 e. The summed E-state index contributed by atoms with van der Waals surface area (Å²) in [7, 11) is 1.98. The molecule has 0 unspecified atom stereocenters. The van der Waals surface area contributed by atoms with Gasteiger partial charge in [0.1, 0.15) is 0 Å². The van der Waals surface area contributed by atoms with Crippen molar-refractivity contribution < 1.29 is 0 Å². The van der Waals surface area contributed by atoms with Gasteiger partial charge in [0.2, 0.25) is 0 Å². The summed E-state index contributed by atoms with van der Waals surface area (Å²) in [6, 6.07) is 16.0. The van der Waals surface area contributed by atoms with Gasteiger partial charge < -0.3 is 5.32 Å². The minimum Gasteiger partial charge on any atom is -0.307 e. The van der Waals surface area contributed by atoms with Crippen molar-refractivity contribution in [3.8, 4) is 0 Å². The summed E-state index contributed by atoms with van der Waals surface area (Å²) >= 11 is 12.0. The Labute approximate surface area is 124 Å². The zero-order chi connectivity index (χ0) is 13.9. The lowest BCUT2D eigenvalue weighted by atomic mass is 9.81. The maximum absolute atomic E-state index is 5.98. The summed E-state index contributed by atoms with van der Waals surface area (Å²) in [6.45, 7) is 2.17. The summed E-state index contributed by atoms with van der Waals surface area (Å²) in [5.74, 6) is 0. The highest BCUT2D eigenvalue weighted by Crippen LogP contribution is 2.33. The molecule has 1 nitrogen and oxygen atoms in total. The molecule has 1 N–H and O–H groups in total. The fraction of sp³-hybridized carbons (Fsp3) is 0.250. The Balaban J connectivity index is 2.53. The van der Waals surface area contributed by atoms with Crippen molar-refractivity contribution in [2.45, 2.75) is 18.9 Å². The summed E-state index contributed by atoms with van der Waals surface area (Å²) in [5, 5.41) is 4.95. The SMILES string of the molecule is CCC(NC)(c1ccc(Cl)cc1)c1ccc(Cl)cc1. The lowest BCUT2D eigenvalue weighted by molar-refractivity contribution is 0.423. The van der Waals surface area contributed by atoms with Crippen LogP contribution < -0.4 is 5.32 Å². The number of halogens is 2. The first-order valence-corrected chi connectivity index (χ1v) is 7.09. The van der Waals surface area contributed by atoms with E-state index in [1.54, 1.807) is 0 Å². The summed E-state index contributed by atoms with van der Waals surface area (Å²) in [6.07, 6.45) is 0.937. The first-order chi connectivity index (χ1) is 9.12. The Morgan fingerprint density at radius 1 is 0.842 bits per heavy atom. The van der Waals surface area contributed by atoms with Crippen LogP contribution in [0.15, 0.2) is 48.5 Å². The molecule has 0 aromatic heterocycles. The van der Waals surface area contributed by atoms with Gasteiger partial charge in [0.25, 0.3) is 0 Å². The molecule has 0 amide bonds. The number of benzene rings is 2. The van der Waals surface area contributed by atoms with Crippen LogP contribution >= 0.6 is 23.2 Å². The third kappa shape index (κ3) is 2.79. The molecule has 0 aliphatic carbocycles. The molecule has 0 fully saturated rings. The van der Waals surface area contributed by atoms with Crippen molar-refractivity contribution in [2.24, 2.45) is 0 Å². The number of hydrogen-bond donors (Lipinski definition) is 1. The standard InChI is InChI=1S/C16H17Cl2N/c1-3-16(19-2,12-4-8-14(17)9-5-12)13-6-10-15(18)11-7-13/h4-11,19H,3H2,1-2H3. The van der Waals surface area contributed by atoms with Gasteiger partial charge >= 0.3 is 0 Å². The molecule has 0 atom stereocenters. The summed E-state index contributed by atoms with van der Waals surface area (Å²) in [4.78, 5) is 0. The molecule has 2 aromatic rings. The quantitative estimate of drug-likeness (QED) is 0.848. The second kappa shape index (κ2) is 5.96. The Bertz CT molecular complexity index is 480. The molecule has 19 heavy (non-hydrogen) atoms. The normalized spacial score (nSPS) is 11.6. The molecule has 3 heteroatoms. The molecular formula is C16H17Cl2N. The van der Waals surface area contributed by atoms with Crippen molar-refractivity contribution in [1.29, 1.82) is 0 Å². The van der Waals surface area contributed by atoms with E-state index in [2.05, 4.69) is 36.5 Å². The largest absolute Gasteiger partial charge is 0.307 e. The lowest BCUT2D eigenvalue weighted by Gasteiger charge is -2.34. The van der Waals surface area contributed by atoms with E-state index >= 15 is 0 Å². The van der Waals surface area contributed by atoms with Gasteiger partial charge in [-0.05, 0) is 48.9 Å². The molecule has 2 rings (SSSR count). The molecular weight excluding hydrogens is 277 g/mol. The topological polar surface area (TPSA) is 12.0 Å². The Kier molecular flexibility index (Phi) is 4.51. The zero-order valence-electron chi connectivity index (χ0n) is 11.1. The first kappa shape index (κ1) is 14.4. The van der Waals surface area contributed by atoms with Gasteiger partial charge in [0.05, 0.1) is 5.54 Å². The maximum atomic E-state index is 5.98. The average Bonchev–Trinajstić information content (AvgIpc) is 2.44. The average molecular weight is 294 g/mol. The van der Waals surface area contributed by atoms with Crippen molar-refractivity contribution in [2.75, 3.05) is 7.05 Å². The van der Waals surface area contributed by atoms with Gasteiger partial charge in [0, 0.05) is 10.0 Å². The van der Waals surface area contributed by atoms with E-state index in [0.29, 0.717) is 0 Å². The Morgan fingerprint density at radius 3 is 1.47 bits per heavy atom. The molecule has 0 aliphatic heterocycles. The molecule has 2 aromatic carbocycles. The molecule has 0 bridgehead atoms. The molecule has 0 saturated heterocycles. The van der Waals surface area contributed by atoms with Crippen LogP contribution in [0, 0.1) is 0 Å². The number of nitrogens with one attached hydrogen (secondary N) is 1. The molecule has 0 spiro atoms. The van der Waals surface area contributed by atoms with Gasteiger partial charge in [-0.2, -0.15) is 0 Å². The fourth-order valence-corrected chi connectivity index (χ4v) is 2.76. The summed E-state index contributed by atoms with van der Waals surface area (Å²) in [5.41, 5.74) is 2.18. The third-order valence-corrected chi connectivity index (χ3v) is 4.14. The van der Waals surface area contributed by atoms with Crippen LogP contribution in [0.4, 0.5) is 0 Å². The fourth-order valence-electron chi connectivity index (χ4n) is 2.51. The van der Waals surface area contributed by atoms with Gasteiger partial charge in [-0.3, -0.25) is 0 Å². The second-order valence-corrected chi connectivity index (χ2v) is 5.40. The van der Waals surface area contributed by atoms with Gasteiger partial charge in [-0.1, -0.05) is 54.4 Å². The Hall–Kier alpha value is -1.02. The minimum atomic E-state index is -0.213. The lowest BCUT2D eigenvalue weighted by Crippen LogP contribution is -2.40. The first-order valence-electron chi connectivity index (χ1n) is 6.33. The number of rotatable bonds is 4. The van der Waals surface area contributed by atoms with Crippen molar-refractivity contribution in [1.82, 2.24) is 5.32 Å². The predicted octanol–water partition coefficient (Wildman–Crippen LogP) is 4.87. The minimum absolute atomic E-state index is 0.213. The van der Waals surface area contributed by atoms with Gasteiger partial charge in [0.15, 0.2) is 0 Å². The van der Waals surface area contributed by atoms with Crippen LogP contribution in [-0.2, 0) is 5.54 Å². The van der Waals surface area contributed by atoms with Crippen LogP contribution in [0.1, 0.15) is 24.5 Å². The summed E-state index contributed by atoms with van der Waals surface area (Å²) < 4.78 is 0. The van der Waals surface area contributed by atoms with Crippen LogP contribution in [0.2, 0.25) is 10.0 Å². The maximum Gasteiger partial charge on any atom is 0.0685 e. The molecule has 0 heterocycles. The van der Waals surface area contributed by atoms with Crippen LogP contribution in [0.25, 0.3) is 0 Å². The highest BCUT2D eigenvalue weighted by Gasteiger charge is 2.30. The monoisotopic (exact) mass is 293 g/mol. The van der Waals surface area contributed by atoms with Crippen molar-refractivity contribution in [3.63, 3.8) is 0 Å². The van der Waals surface area contributed by atoms with Crippen LogP contribution in [0.5, 0.6) is 0 Å². The second-order valence-electron chi connectivity index (χ2n) is 4.52. The van der Waals surface area contributed by atoms with Crippen molar-refractivity contribution in [3.05, 3.63) is 69.7 Å². The van der Waals surface area contributed by atoms with Gasteiger partial charge in [-0.15, -0.1) is 0 Å². The van der Waals surface area contributed by atoms with E-state index in [4.69, 9.17) is 23.2 Å². The van der Waals surface area contributed by atoms with E-state index in [1.165, 1.54) is 11.1 Å². The van der Waals surface area contributed by atoms with Crippen LogP contribution in [-0.4, -0.2) is 7.05 Å². The molecule has 0 aliphatic rings. The van der Waals surface area contributed by atoms with E-state index in [9.17, 15) is 0 Å². The Morgan fingerprint density at radius 2 is 1.21 bits per heavy atom. The van der Waals surface area contributed by atoms with Gasteiger partial charge in [-0.25, -0.2) is 0 Å². The molecule has 100 valence electrons. The van der Waals surface area contributed by atoms with Crippen LogP contribution in [0.3, 0.4) is 0 Å². The van der Waals surface area contributed by atoms with E-state index < -0.39 is 0 Å². The van der Waals surface area contributed by atoms with Crippen molar-refractivity contribution >= 4 is 23.2 Å². The highest BCUT2D eigenvalue weighted by atomic mass is 35.5. The third-order valence-electron chi connectivity index (χ3n) is 3.63.